The van der Waals surface area contributed by atoms with E-state index in [1.807, 2.05) is 49.4 Å². The van der Waals surface area contributed by atoms with E-state index in [1.165, 1.54) is 0 Å². The van der Waals surface area contributed by atoms with Gasteiger partial charge in [-0.05, 0) is 68.4 Å². The number of hydrogen-bond donors (Lipinski definition) is 1. The highest BCUT2D eigenvalue weighted by atomic mass is 16.5. The summed E-state index contributed by atoms with van der Waals surface area (Å²) in [7, 11) is 2.12. The molecule has 1 saturated heterocycles. The lowest BCUT2D eigenvalue weighted by Crippen LogP contribution is -2.44. The summed E-state index contributed by atoms with van der Waals surface area (Å²) in [6.45, 7) is 9.97. The Labute approximate surface area is 185 Å². The third-order valence-corrected chi connectivity index (χ3v) is 5.27. The summed E-state index contributed by atoms with van der Waals surface area (Å²) in [6.07, 6.45) is 6.00. The van der Waals surface area contributed by atoms with Crippen molar-refractivity contribution in [2.45, 2.75) is 20.8 Å². The van der Waals surface area contributed by atoms with E-state index in [-0.39, 0.29) is 0 Å². The minimum absolute atomic E-state index is 0.417. The molecule has 0 bridgehead atoms. The lowest BCUT2D eigenvalue weighted by atomic mass is 10.0. The lowest BCUT2D eigenvalue weighted by molar-refractivity contribution is 0.100. The van der Waals surface area contributed by atoms with Crippen molar-refractivity contribution in [1.82, 2.24) is 9.88 Å². The molecule has 164 valence electrons. The number of nitrogens with two attached hydrogens (primary N) is 1. The van der Waals surface area contributed by atoms with Crippen molar-refractivity contribution in [3.05, 3.63) is 65.9 Å². The smallest absolute Gasteiger partial charge is 0.250 e. The minimum atomic E-state index is -0.484. The molecule has 2 N–H and O–H groups in total. The van der Waals surface area contributed by atoms with Crippen LogP contribution in [0, 0.1) is 5.92 Å². The van der Waals surface area contributed by atoms with Gasteiger partial charge in [0.2, 0.25) is 0 Å². The van der Waals surface area contributed by atoms with E-state index in [0.717, 1.165) is 49.1 Å². The van der Waals surface area contributed by atoms with Gasteiger partial charge in [0, 0.05) is 31.7 Å². The molecular weight excluding hydrogens is 388 g/mol. The molecule has 0 radical (unpaired) electrons. The fourth-order valence-corrected chi connectivity index (χ4v) is 3.37. The summed E-state index contributed by atoms with van der Waals surface area (Å²) in [5, 5.41) is 0. The molecule has 2 heterocycles. The van der Waals surface area contributed by atoms with Crippen molar-refractivity contribution in [3.63, 3.8) is 0 Å². The molecule has 1 aliphatic rings. The van der Waals surface area contributed by atoms with Crippen LogP contribution in [-0.4, -0.2) is 49.0 Å². The van der Waals surface area contributed by atoms with Gasteiger partial charge in [-0.2, -0.15) is 0 Å². The molecule has 1 amide bonds. The molecule has 1 fully saturated rings. The van der Waals surface area contributed by atoms with Gasteiger partial charge in [-0.3, -0.25) is 4.79 Å². The van der Waals surface area contributed by atoms with Gasteiger partial charge >= 0.3 is 0 Å². The standard InChI is InChI=1S/C25H32N4O2/c1-5-20(9-6-18(2)3)31-21-10-7-19(8-11-21)24-22(25(26)30)12-13-23(27-24)29-16-14-28(4)15-17-29/h5-13,18H,14-17H2,1-4H3,(H2,26,30)/b9-6-,20-5+. The van der Waals surface area contributed by atoms with E-state index < -0.39 is 5.91 Å². The fraction of sp³-hybridized carbons (Fsp3) is 0.360. The summed E-state index contributed by atoms with van der Waals surface area (Å²) in [5.74, 6) is 2.34. The Balaban J connectivity index is 1.85. The molecule has 1 aromatic carbocycles. The number of anilines is 1. The zero-order chi connectivity index (χ0) is 22.4. The fourth-order valence-electron chi connectivity index (χ4n) is 3.37. The number of pyridine rings is 1. The van der Waals surface area contributed by atoms with Gasteiger partial charge < -0.3 is 20.3 Å². The van der Waals surface area contributed by atoms with Crippen molar-refractivity contribution in [1.29, 1.82) is 0 Å². The molecule has 6 heteroatoms. The van der Waals surface area contributed by atoms with Crippen LogP contribution in [0.2, 0.25) is 0 Å². The first kappa shape index (κ1) is 22.6. The van der Waals surface area contributed by atoms with Gasteiger partial charge in [0.05, 0.1) is 11.3 Å². The molecule has 0 saturated carbocycles. The van der Waals surface area contributed by atoms with Crippen LogP contribution >= 0.6 is 0 Å². The quantitative estimate of drug-likeness (QED) is 0.539. The molecule has 3 rings (SSSR count). The maximum atomic E-state index is 12.0. The Kier molecular flexibility index (Phi) is 7.47. The molecule has 0 atom stereocenters. The van der Waals surface area contributed by atoms with E-state index in [2.05, 4.69) is 36.8 Å². The Morgan fingerprint density at radius 2 is 1.77 bits per heavy atom. The van der Waals surface area contributed by atoms with E-state index >= 15 is 0 Å². The van der Waals surface area contributed by atoms with E-state index in [9.17, 15) is 4.79 Å². The van der Waals surface area contributed by atoms with E-state index in [1.54, 1.807) is 6.07 Å². The van der Waals surface area contributed by atoms with Crippen LogP contribution in [0.1, 0.15) is 31.1 Å². The van der Waals surface area contributed by atoms with Crippen LogP contribution in [0.4, 0.5) is 5.82 Å². The van der Waals surface area contributed by atoms with Gasteiger partial charge in [-0.15, -0.1) is 0 Å². The maximum absolute atomic E-state index is 12.0. The molecule has 31 heavy (non-hydrogen) atoms. The molecule has 0 aliphatic carbocycles. The van der Waals surface area contributed by atoms with Crippen molar-refractivity contribution < 1.29 is 9.53 Å². The Bertz CT molecular complexity index is 956. The molecule has 0 unspecified atom stereocenters. The lowest BCUT2D eigenvalue weighted by Gasteiger charge is -2.33. The molecule has 6 nitrogen and oxygen atoms in total. The van der Waals surface area contributed by atoms with Gasteiger partial charge in [-0.1, -0.05) is 19.9 Å². The SMILES string of the molecule is C/C=C(\C=C/C(C)C)Oc1ccc(-c2nc(N3CCN(C)CC3)ccc2C(N)=O)cc1. The highest BCUT2D eigenvalue weighted by molar-refractivity contribution is 5.99. The van der Waals surface area contributed by atoms with Gasteiger partial charge in [0.15, 0.2) is 0 Å². The number of allylic oxidation sites excluding steroid dienone is 3. The second-order valence-electron chi connectivity index (χ2n) is 8.14. The second kappa shape index (κ2) is 10.3. The van der Waals surface area contributed by atoms with Gasteiger partial charge in [0.25, 0.3) is 5.91 Å². The van der Waals surface area contributed by atoms with E-state index in [4.69, 9.17) is 15.5 Å². The molecule has 1 aliphatic heterocycles. The number of benzene rings is 1. The van der Waals surface area contributed by atoms with Crippen molar-refractivity contribution in [2.75, 3.05) is 38.1 Å². The van der Waals surface area contributed by atoms with Crippen LogP contribution in [0.15, 0.2) is 60.4 Å². The number of ether oxygens (including phenoxy) is 1. The molecule has 0 spiro atoms. The number of carbonyl (C=O) groups is 1. The van der Waals surface area contributed by atoms with Crippen LogP contribution in [0.25, 0.3) is 11.3 Å². The average molecular weight is 421 g/mol. The topological polar surface area (TPSA) is 71.7 Å². The van der Waals surface area contributed by atoms with Gasteiger partial charge in [0.1, 0.15) is 17.3 Å². The van der Waals surface area contributed by atoms with Crippen molar-refractivity contribution >= 4 is 11.7 Å². The highest BCUT2D eigenvalue weighted by Crippen LogP contribution is 2.28. The zero-order valence-electron chi connectivity index (χ0n) is 18.8. The monoisotopic (exact) mass is 420 g/mol. The number of amides is 1. The Hall–Kier alpha value is -3.12. The number of nitrogens with zero attached hydrogens (tertiary/aromatic N) is 3. The Morgan fingerprint density at radius 1 is 1.10 bits per heavy atom. The van der Waals surface area contributed by atoms with Crippen LogP contribution in [0.5, 0.6) is 5.75 Å². The number of aromatic nitrogens is 1. The number of rotatable bonds is 7. The predicted octanol–water partition coefficient (Wildman–Crippen LogP) is 4.09. The first-order valence-electron chi connectivity index (χ1n) is 10.7. The number of primary amides is 1. The number of piperazine rings is 1. The Morgan fingerprint density at radius 3 is 2.35 bits per heavy atom. The van der Waals surface area contributed by atoms with Crippen molar-refractivity contribution in [3.8, 4) is 17.0 Å². The predicted molar refractivity (Wildman–Crippen MR) is 126 cm³/mol. The molecule has 1 aromatic heterocycles. The first-order valence-corrected chi connectivity index (χ1v) is 10.7. The van der Waals surface area contributed by atoms with E-state index in [0.29, 0.717) is 17.2 Å². The molecule has 2 aromatic rings. The summed E-state index contributed by atoms with van der Waals surface area (Å²) < 4.78 is 5.96. The van der Waals surface area contributed by atoms with Crippen LogP contribution < -0.4 is 15.4 Å². The highest BCUT2D eigenvalue weighted by Gasteiger charge is 2.19. The summed E-state index contributed by atoms with van der Waals surface area (Å²) in [6, 6.07) is 11.3. The van der Waals surface area contributed by atoms with Gasteiger partial charge in [-0.25, -0.2) is 4.98 Å². The summed E-state index contributed by atoms with van der Waals surface area (Å²) in [5.41, 5.74) is 7.48. The minimum Gasteiger partial charge on any atom is -0.458 e. The largest absolute Gasteiger partial charge is 0.458 e. The maximum Gasteiger partial charge on any atom is 0.250 e. The number of hydrogen-bond acceptors (Lipinski definition) is 5. The van der Waals surface area contributed by atoms with Crippen LogP contribution in [0.3, 0.4) is 0 Å². The number of carbonyl (C=O) groups excluding carboxylic acids is 1. The molecular formula is C25H32N4O2. The second-order valence-corrected chi connectivity index (χ2v) is 8.14. The third kappa shape index (κ3) is 5.95. The van der Waals surface area contributed by atoms with Crippen LogP contribution in [-0.2, 0) is 0 Å². The zero-order valence-corrected chi connectivity index (χ0v) is 18.8. The van der Waals surface area contributed by atoms with Crippen molar-refractivity contribution in [2.24, 2.45) is 11.7 Å². The first-order chi connectivity index (χ1) is 14.9. The summed E-state index contributed by atoms with van der Waals surface area (Å²) in [4.78, 5) is 21.4. The normalized spacial score (nSPS) is 15.6. The third-order valence-electron chi connectivity index (χ3n) is 5.27. The number of likely N-dealkylation sites (N-methyl/N-ethyl adjacent to an activating group) is 1. The average Bonchev–Trinajstić information content (AvgIpc) is 2.77. The summed E-state index contributed by atoms with van der Waals surface area (Å²) >= 11 is 0.